The number of benzene rings is 2. The van der Waals surface area contributed by atoms with Crippen LogP contribution in [-0.2, 0) is 0 Å². The molecule has 1 saturated carbocycles. The Morgan fingerprint density at radius 3 is 2.39 bits per heavy atom. The molecule has 2 fully saturated rings. The van der Waals surface area contributed by atoms with Gasteiger partial charge in [0.1, 0.15) is 11.5 Å². The van der Waals surface area contributed by atoms with Crippen LogP contribution in [0.2, 0.25) is 0 Å². The zero-order chi connectivity index (χ0) is 21.8. The molecule has 1 saturated heterocycles. The van der Waals surface area contributed by atoms with E-state index in [0.717, 1.165) is 25.4 Å². The Balaban J connectivity index is 1.46. The van der Waals surface area contributed by atoms with Crippen LogP contribution in [0.5, 0.6) is 11.5 Å². The summed E-state index contributed by atoms with van der Waals surface area (Å²) in [5.41, 5.74) is 1.65. The molecule has 2 amide bonds. The summed E-state index contributed by atoms with van der Waals surface area (Å²) in [4.78, 5) is 27.7. The Kier molecular flexibility index (Phi) is 6.44. The van der Waals surface area contributed by atoms with Gasteiger partial charge in [0, 0.05) is 30.4 Å². The number of anilines is 1. The van der Waals surface area contributed by atoms with E-state index in [1.807, 2.05) is 4.90 Å². The van der Waals surface area contributed by atoms with Crippen LogP contribution < -0.4 is 14.8 Å². The van der Waals surface area contributed by atoms with E-state index in [1.165, 1.54) is 25.7 Å². The van der Waals surface area contributed by atoms with Crippen LogP contribution in [-0.4, -0.2) is 44.0 Å². The molecule has 2 atom stereocenters. The first-order valence-corrected chi connectivity index (χ1v) is 11.0. The van der Waals surface area contributed by atoms with Crippen molar-refractivity contribution in [3.63, 3.8) is 0 Å². The second-order valence-electron chi connectivity index (χ2n) is 8.44. The lowest BCUT2D eigenvalue weighted by Gasteiger charge is -2.41. The zero-order valence-electron chi connectivity index (χ0n) is 18.2. The number of amides is 2. The van der Waals surface area contributed by atoms with Crippen LogP contribution in [0.25, 0.3) is 0 Å². The lowest BCUT2D eigenvalue weighted by molar-refractivity contribution is 0.0518. The molecule has 6 nitrogen and oxygen atoms in total. The maximum atomic E-state index is 13.2. The first kappa shape index (κ1) is 21.2. The van der Waals surface area contributed by atoms with Crippen molar-refractivity contribution in [2.75, 3.05) is 32.6 Å². The van der Waals surface area contributed by atoms with Gasteiger partial charge >= 0.3 is 0 Å². The lowest BCUT2D eigenvalue weighted by atomic mass is 9.75. The molecular weight excluding hydrogens is 392 g/mol. The zero-order valence-corrected chi connectivity index (χ0v) is 18.2. The minimum absolute atomic E-state index is 0.00824. The molecule has 31 heavy (non-hydrogen) atoms. The first-order valence-electron chi connectivity index (χ1n) is 11.0. The highest BCUT2D eigenvalue weighted by atomic mass is 16.5. The fraction of sp³-hybridized carbons (Fsp3) is 0.440. The summed E-state index contributed by atoms with van der Waals surface area (Å²) < 4.78 is 10.6. The lowest BCUT2D eigenvalue weighted by Crippen LogP contribution is -2.44. The molecule has 1 aliphatic heterocycles. The van der Waals surface area contributed by atoms with Crippen molar-refractivity contribution in [1.29, 1.82) is 0 Å². The van der Waals surface area contributed by atoms with E-state index in [1.54, 1.807) is 56.7 Å². The Morgan fingerprint density at radius 2 is 1.68 bits per heavy atom. The van der Waals surface area contributed by atoms with Gasteiger partial charge in [-0.25, -0.2) is 0 Å². The molecule has 1 heterocycles. The molecule has 1 N–H and O–H groups in total. The number of nitrogens with zero attached hydrogens (tertiary/aromatic N) is 1. The molecule has 0 unspecified atom stereocenters. The molecule has 164 valence electrons. The predicted molar refractivity (Wildman–Crippen MR) is 120 cm³/mol. The van der Waals surface area contributed by atoms with E-state index in [9.17, 15) is 9.59 Å². The number of hydrogen-bond acceptors (Lipinski definition) is 4. The molecule has 2 aromatic rings. The summed E-state index contributed by atoms with van der Waals surface area (Å²) in [6.45, 7) is 1.64. The van der Waals surface area contributed by atoms with Crippen molar-refractivity contribution < 1.29 is 19.1 Å². The van der Waals surface area contributed by atoms with Crippen molar-refractivity contribution in [2.24, 2.45) is 11.8 Å². The summed E-state index contributed by atoms with van der Waals surface area (Å²) in [6, 6.07) is 12.1. The smallest absolute Gasteiger partial charge is 0.257 e. The maximum absolute atomic E-state index is 13.2. The summed E-state index contributed by atoms with van der Waals surface area (Å²) in [5.74, 6) is 2.34. The van der Waals surface area contributed by atoms with E-state index >= 15 is 0 Å². The van der Waals surface area contributed by atoms with Crippen molar-refractivity contribution in [3.8, 4) is 11.5 Å². The van der Waals surface area contributed by atoms with Gasteiger partial charge in [0.2, 0.25) is 0 Å². The molecule has 2 aromatic carbocycles. The fourth-order valence-electron chi connectivity index (χ4n) is 4.85. The van der Waals surface area contributed by atoms with Crippen LogP contribution in [0.3, 0.4) is 0 Å². The number of carbonyl (C=O) groups excluding carboxylic acids is 2. The minimum atomic E-state index is -0.233. The highest BCUT2D eigenvalue weighted by Crippen LogP contribution is 2.37. The number of likely N-dealkylation sites (tertiary alicyclic amines) is 1. The number of piperidine rings is 1. The summed E-state index contributed by atoms with van der Waals surface area (Å²) in [5, 5.41) is 2.87. The number of nitrogens with one attached hydrogen (secondary N) is 1. The van der Waals surface area contributed by atoms with Gasteiger partial charge in [0.25, 0.3) is 11.8 Å². The van der Waals surface area contributed by atoms with Gasteiger partial charge in [-0.2, -0.15) is 0 Å². The van der Waals surface area contributed by atoms with Gasteiger partial charge in [-0.1, -0.05) is 19.3 Å². The summed E-state index contributed by atoms with van der Waals surface area (Å²) in [6.07, 6.45) is 6.22. The number of methoxy groups -OCH3 is 2. The molecule has 0 aromatic heterocycles. The molecule has 1 aliphatic carbocycles. The van der Waals surface area contributed by atoms with Gasteiger partial charge in [-0.15, -0.1) is 0 Å². The normalized spacial score (nSPS) is 20.5. The highest BCUT2D eigenvalue weighted by Gasteiger charge is 2.33. The van der Waals surface area contributed by atoms with E-state index in [-0.39, 0.29) is 11.8 Å². The largest absolute Gasteiger partial charge is 0.497 e. The second kappa shape index (κ2) is 9.41. The van der Waals surface area contributed by atoms with E-state index < -0.39 is 0 Å². The van der Waals surface area contributed by atoms with Crippen LogP contribution in [0.4, 0.5) is 5.69 Å². The highest BCUT2D eigenvalue weighted by molar-refractivity contribution is 6.05. The SMILES string of the molecule is COc1ccc(C(=O)Nc2ccc(C(=O)N3CC[C@H]4CCCC[C@H]4C3)c(OC)c2)cc1. The molecular formula is C25H30N2O4. The monoisotopic (exact) mass is 422 g/mol. The Labute approximate surface area is 183 Å². The number of hydrogen-bond donors (Lipinski definition) is 1. The van der Waals surface area contributed by atoms with Gasteiger partial charge in [-0.3, -0.25) is 9.59 Å². The number of carbonyl (C=O) groups is 2. The quantitative estimate of drug-likeness (QED) is 0.764. The summed E-state index contributed by atoms with van der Waals surface area (Å²) in [7, 11) is 3.14. The van der Waals surface area contributed by atoms with Crippen molar-refractivity contribution >= 4 is 17.5 Å². The van der Waals surface area contributed by atoms with Crippen LogP contribution in [0.15, 0.2) is 42.5 Å². The fourth-order valence-corrected chi connectivity index (χ4v) is 4.85. The number of rotatable bonds is 5. The molecule has 0 bridgehead atoms. The summed E-state index contributed by atoms with van der Waals surface area (Å²) >= 11 is 0. The van der Waals surface area contributed by atoms with Crippen molar-refractivity contribution in [3.05, 3.63) is 53.6 Å². The second-order valence-corrected chi connectivity index (χ2v) is 8.44. The predicted octanol–water partition coefficient (Wildman–Crippen LogP) is 4.61. The molecule has 4 rings (SSSR count). The average molecular weight is 423 g/mol. The molecule has 0 spiro atoms. The standard InChI is InChI=1S/C25H30N2O4/c1-30-21-10-7-18(8-11-21)24(28)26-20-9-12-22(23(15-20)31-2)25(29)27-14-13-17-5-3-4-6-19(17)16-27/h7-12,15,17,19H,3-6,13-14,16H2,1-2H3,(H,26,28)/t17-,19+/m1/s1. The number of ether oxygens (including phenoxy) is 2. The van der Waals surface area contributed by atoms with E-state index in [0.29, 0.717) is 34.2 Å². The Morgan fingerprint density at radius 1 is 0.935 bits per heavy atom. The maximum Gasteiger partial charge on any atom is 0.257 e. The first-order chi connectivity index (χ1) is 15.1. The van der Waals surface area contributed by atoms with Crippen molar-refractivity contribution in [2.45, 2.75) is 32.1 Å². The van der Waals surface area contributed by atoms with Crippen molar-refractivity contribution in [1.82, 2.24) is 4.90 Å². The third kappa shape index (κ3) is 4.68. The third-order valence-corrected chi connectivity index (χ3v) is 6.62. The molecule has 6 heteroatoms. The Bertz CT molecular complexity index is 941. The van der Waals surface area contributed by atoms with Gasteiger partial charge < -0.3 is 19.7 Å². The van der Waals surface area contributed by atoms with E-state index in [2.05, 4.69) is 5.32 Å². The average Bonchev–Trinajstić information content (AvgIpc) is 2.83. The van der Waals surface area contributed by atoms with Crippen LogP contribution >= 0.6 is 0 Å². The Hall–Kier alpha value is -3.02. The van der Waals surface area contributed by atoms with Crippen LogP contribution in [0.1, 0.15) is 52.8 Å². The molecule has 2 aliphatic rings. The van der Waals surface area contributed by atoms with Gasteiger partial charge in [0.15, 0.2) is 0 Å². The van der Waals surface area contributed by atoms with Gasteiger partial charge in [-0.05, 0) is 61.1 Å². The van der Waals surface area contributed by atoms with Crippen LogP contribution in [0, 0.1) is 11.8 Å². The molecule has 0 radical (unpaired) electrons. The topological polar surface area (TPSA) is 67.9 Å². The van der Waals surface area contributed by atoms with Gasteiger partial charge in [0.05, 0.1) is 19.8 Å². The van der Waals surface area contributed by atoms with E-state index in [4.69, 9.17) is 9.47 Å². The minimum Gasteiger partial charge on any atom is -0.497 e. The third-order valence-electron chi connectivity index (χ3n) is 6.62. The number of fused-ring (bicyclic) bond motifs is 1.